The summed E-state index contributed by atoms with van der Waals surface area (Å²) in [6.07, 6.45) is 0.0833. The van der Waals surface area contributed by atoms with Gasteiger partial charge in [0, 0.05) is 0 Å². The first kappa shape index (κ1) is 12.3. The van der Waals surface area contributed by atoms with Crippen LogP contribution in [0.3, 0.4) is 0 Å². The van der Waals surface area contributed by atoms with Crippen LogP contribution in [0.1, 0.15) is 20.3 Å². The molecule has 0 amide bonds. The molecule has 0 aromatic carbocycles. The lowest BCUT2D eigenvalue weighted by molar-refractivity contribution is -0.124. The van der Waals surface area contributed by atoms with Gasteiger partial charge in [-0.3, -0.25) is 15.0 Å². The van der Waals surface area contributed by atoms with Gasteiger partial charge in [0.2, 0.25) is 0 Å². The molecular weight excluding hydrogens is 146 g/mol. The molecule has 0 bridgehead atoms. The highest BCUT2D eigenvalue weighted by atomic mass is 16.1. The summed E-state index contributed by atoms with van der Waals surface area (Å²) in [6, 6.07) is 0. The Hall–Kier alpha value is -1.39. The van der Waals surface area contributed by atoms with E-state index >= 15 is 0 Å². The highest BCUT2D eigenvalue weighted by molar-refractivity contribution is 5.96. The summed E-state index contributed by atoms with van der Waals surface area (Å²) in [4.78, 5) is 20.1. The average Bonchev–Trinajstić information content (AvgIpc) is 1.56. The van der Waals surface area contributed by atoms with Crippen LogP contribution in [-0.4, -0.2) is 17.5 Å². The second-order valence-corrected chi connectivity index (χ2v) is 2.04. The first-order valence-corrected chi connectivity index (χ1v) is 2.94. The second kappa shape index (κ2) is 6.73. The number of hydrogen-bond donors (Lipinski definition) is 3. The van der Waals surface area contributed by atoms with Crippen molar-refractivity contribution >= 4 is 17.5 Å². The van der Waals surface area contributed by atoms with Gasteiger partial charge < -0.3 is 11.5 Å². The Morgan fingerprint density at radius 2 is 1.36 bits per heavy atom. The van der Waals surface area contributed by atoms with Crippen molar-refractivity contribution in [2.45, 2.75) is 20.3 Å². The first-order chi connectivity index (χ1) is 4.86. The van der Waals surface area contributed by atoms with Gasteiger partial charge in [-0.2, -0.15) is 0 Å². The maximum Gasteiger partial charge on any atom is 0.183 e. The van der Waals surface area contributed by atoms with E-state index in [4.69, 9.17) is 5.41 Å². The van der Waals surface area contributed by atoms with Gasteiger partial charge in [0.25, 0.3) is 0 Å². The number of guanidine groups is 1. The van der Waals surface area contributed by atoms with Crippen LogP contribution in [0.4, 0.5) is 0 Å². The maximum absolute atomic E-state index is 10.0. The molecule has 0 heterocycles. The van der Waals surface area contributed by atoms with Gasteiger partial charge in [-0.25, -0.2) is 0 Å². The molecule has 64 valence electrons. The van der Waals surface area contributed by atoms with Crippen LogP contribution in [0, 0.1) is 5.41 Å². The molecule has 0 unspecified atom stereocenters. The Bertz CT molecular complexity index is 149. The second-order valence-electron chi connectivity index (χ2n) is 2.04. The van der Waals surface area contributed by atoms with Gasteiger partial charge >= 0.3 is 0 Å². The fourth-order valence-corrected chi connectivity index (χ4v) is 0.351. The molecule has 0 spiro atoms. The number of carbonyl (C=O) groups excluding carboxylic acids is 2. The molecule has 11 heavy (non-hydrogen) atoms. The van der Waals surface area contributed by atoms with Crippen molar-refractivity contribution in [1.29, 1.82) is 5.41 Å². The molecule has 0 aliphatic carbocycles. The monoisotopic (exact) mass is 159 g/mol. The normalized spacial score (nSPS) is 7.45. The van der Waals surface area contributed by atoms with Crippen LogP contribution in [0.25, 0.3) is 0 Å². The van der Waals surface area contributed by atoms with Crippen LogP contribution in [0.2, 0.25) is 0 Å². The Balaban J connectivity index is 0. The Morgan fingerprint density at radius 3 is 1.36 bits per heavy atom. The molecular formula is C6H13N3O2. The molecule has 0 rings (SSSR count). The molecule has 0 atom stereocenters. The van der Waals surface area contributed by atoms with Crippen molar-refractivity contribution < 1.29 is 9.59 Å². The summed E-state index contributed by atoms with van der Waals surface area (Å²) in [6.45, 7) is 2.81. The molecule has 0 aliphatic heterocycles. The SMILES string of the molecule is CC(=O)CC(C)=O.N=C(N)N. The topological polar surface area (TPSA) is 110 Å². The van der Waals surface area contributed by atoms with E-state index in [-0.39, 0.29) is 23.9 Å². The van der Waals surface area contributed by atoms with Crippen LogP contribution in [0.5, 0.6) is 0 Å². The van der Waals surface area contributed by atoms with Gasteiger partial charge in [-0.05, 0) is 13.8 Å². The lowest BCUT2D eigenvalue weighted by Crippen LogP contribution is -2.20. The standard InChI is InChI=1S/C5H8O2.CH5N3/c1-4(6)3-5(2)7;2-1(3)4/h3H2,1-2H3;(H5,2,3,4). The van der Waals surface area contributed by atoms with Crippen molar-refractivity contribution in [3.63, 3.8) is 0 Å². The number of carbonyl (C=O) groups is 2. The molecule has 0 aliphatic rings. The molecule has 0 aromatic heterocycles. The summed E-state index contributed by atoms with van der Waals surface area (Å²) in [5.41, 5.74) is 8.94. The van der Waals surface area contributed by atoms with E-state index in [1.807, 2.05) is 0 Å². The molecule has 5 heteroatoms. The summed E-state index contributed by atoms with van der Waals surface area (Å²) in [5.74, 6) is -0.458. The average molecular weight is 159 g/mol. The van der Waals surface area contributed by atoms with Crippen LogP contribution >= 0.6 is 0 Å². The maximum atomic E-state index is 10.0. The van der Waals surface area contributed by atoms with Crippen molar-refractivity contribution in [2.75, 3.05) is 0 Å². The number of hydrogen-bond acceptors (Lipinski definition) is 3. The van der Waals surface area contributed by atoms with E-state index < -0.39 is 0 Å². The van der Waals surface area contributed by atoms with Gasteiger partial charge in [0.05, 0.1) is 6.42 Å². The highest BCUT2D eigenvalue weighted by Crippen LogP contribution is 1.80. The Morgan fingerprint density at radius 1 is 1.18 bits per heavy atom. The largest absolute Gasteiger partial charge is 0.370 e. The predicted octanol–water partition coefficient (Wildman–Crippen LogP) is -0.607. The van der Waals surface area contributed by atoms with Crippen LogP contribution < -0.4 is 11.5 Å². The summed E-state index contributed by atoms with van der Waals surface area (Å²) >= 11 is 0. The minimum absolute atomic E-state index is 0.0625. The van der Waals surface area contributed by atoms with Crippen LogP contribution in [-0.2, 0) is 9.59 Å². The third-order valence-corrected chi connectivity index (χ3v) is 0.498. The Kier molecular flexibility index (Phi) is 7.52. The number of nitrogens with one attached hydrogen (secondary N) is 1. The molecule has 0 aromatic rings. The fourth-order valence-electron chi connectivity index (χ4n) is 0.351. The quantitative estimate of drug-likeness (QED) is 0.283. The van der Waals surface area contributed by atoms with Crippen molar-refractivity contribution in [2.24, 2.45) is 11.5 Å². The Labute approximate surface area is 65.3 Å². The first-order valence-electron chi connectivity index (χ1n) is 2.94. The molecule has 0 saturated heterocycles. The lowest BCUT2D eigenvalue weighted by atomic mass is 10.2. The predicted molar refractivity (Wildman–Crippen MR) is 42.1 cm³/mol. The fraction of sp³-hybridized carbons (Fsp3) is 0.500. The number of nitrogens with two attached hydrogens (primary N) is 2. The zero-order valence-corrected chi connectivity index (χ0v) is 6.68. The smallest absolute Gasteiger partial charge is 0.183 e. The number of rotatable bonds is 2. The lowest BCUT2D eigenvalue weighted by Gasteiger charge is -1.81. The highest BCUT2D eigenvalue weighted by Gasteiger charge is 1.94. The summed E-state index contributed by atoms with van der Waals surface area (Å²) < 4.78 is 0. The minimum atomic E-state index is -0.333. The van der Waals surface area contributed by atoms with Crippen molar-refractivity contribution in [3.05, 3.63) is 0 Å². The summed E-state index contributed by atoms with van der Waals surface area (Å²) in [7, 11) is 0. The van der Waals surface area contributed by atoms with Crippen LogP contribution in [0.15, 0.2) is 0 Å². The van der Waals surface area contributed by atoms with Gasteiger partial charge in [0.15, 0.2) is 5.96 Å². The third kappa shape index (κ3) is 55.2. The van der Waals surface area contributed by atoms with E-state index in [0.29, 0.717) is 0 Å². The van der Waals surface area contributed by atoms with E-state index in [2.05, 4.69) is 11.5 Å². The van der Waals surface area contributed by atoms with Crippen molar-refractivity contribution in [1.82, 2.24) is 0 Å². The van der Waals surface area contributed by atoms with E-state index in [9.17, 15) is 9.59 Å². The van der Waals surface area contributed by atoms with Gasteiger partial charge in [-0.1, -0.05) is 0 Å². The zero-order valence-electron chi connectivity index (χ0n) is 6.68. The van der Waals surface area contributed by atoms with Gasteiger partial charge in [0.1, 0.15) is 11.6 Å². The van der Waals surface area contributed by atoms with Gasteiger partial charge in [-0.15, -0.1) is 0 Å². The summed E-state index contributed by atoms with van der Waals surface area (Å²) in [5, 5.41) is 6.06. The van der Waals surface area contributed by atoms with E-state index in [0.717, 1.165) is 0 Å². The minimum Gasteiger partial charge on any atom is -0.370 e. The van der Waals surface area contributed by atoms with E-state index in [1.165, 1.54) is 13.8 Å². The molecule has 0 radical (unpaired) electrons. The molecule has 0 fully saturated rings. The molecule has 5 N–H and O–H groups in total. The number of ketones is 2. The molecule has 0 saturated carbocycles. The third-order valence-electron chi connectivity index (χ3n) is 0.498. The van der Waals surface area contributed by atoms with E-state index in [1.54, 1.807) is 0 Å². The van der Waals surface area contributed by atoms with Crippen molar-refractivity contribution in [3.8, 4) is 0 Å². The molecule has 5 nitrogen and oxygen atoms in total. The zero-order chi connectivity index (χ0) is 9.44. The number of Topliss-reactive ketones (excluding diaryl/α,β-unsaturated/α-hetero) is 2.